The first-order valence-electron chi connectivity index (χ1n) is 14.0. The number of nitrogens with one attached hydrogen (secondary N) is 1. The number of likely N-dealkylation sites (tertiary alicyclic amines) is 1. The van der Waals surface area contributed by atoms with Crippen molar-refractivity contribution in [3.8, 4) is 22.4 Å². The van der Waals surface area contributed by atoms with Crippen LogP contribution in [0, 0.1) is 11.7 Å². The number of benzene rings is 1. The zero-order chi connectivity index (χ0) is 27.1. The Morgan fingerprint density at radius 1 is 1.13 bits per heavy atom. The summed E-state index contributed by atoms with van der Waals surface area (Å²) < 4.78 is 23.5. The predicted molar refractivity (Wildman–Crippen MR) is 151 cm³/mol. The molecule has 1 N–H and O–H groups in total. The Labute approximate surface area is 228 Å². The van der Waals surface area contributed by atoms with Gasteiger partial charge in [-0.15, -0.1) is 0 Å². The van der Waals surface area contributed by atoms with Crippen LogP contribution in [-0.4, -0.2) is 57.3 Å². The van der Waals surface area contributed by atoms with Crippen LogP contribution in [-0.2, 0) is 11.8 Å². The Morgan fingerprint density at radius 2 is 1.90 bits per heavy atom. The highest BCUT2D eigenvalue weighted by Gasteiger charge is 2.28. The molecule has 0 aliphatic carbocycles. The quantitative estimate of drug-likeness (QED) is 0.359. The number of H-pyrrole nitrogens is 1. The molecule has 0 saturated carbocycles. The Balaban J connectivity index is 1.36. The van der Waals surface area contributed by atoms with Crippen LogP contribution < -0.4 is 5.56 Å². The third-order valence-corrected chi connectivity index (χ3v) is 8.46. The second-order valence-corrected chi connectivity index (χ2v) is 11.4. The number of hydrogen-bond acceptors (Lipinski definition) is 5. The zero-order valence-corrected chi connectivity index (χ0v) is 22.9. The van der Waals surface area contributed by atoms with Crippen LogP contribution in [0.5, 0.6) is 0 Å². The third kappa shape index (κ3) is 4.92. The number of rotatable bonds is 6. The van der Waals surface area contributed by atoms with Crippen molar-refractivity contribution in [2.45, 2.75) is 44.9 Å². The van der Waals surface area contributed by atoms with E-state index >= 15 is 4.39 Å². The molecule has 6 rings (SSSR count). The van der Waals surface area contributed by atoms with Crippen LogP contribution in [0.3, 0.4) is 0 Å². The molecule has 7 nitrogen and oxygen atoms in total. The standard InChI is InChI=1S/C31H36FN5O2/c1-19(2)27-28-26(35-30(27)22-12-25(31(38)36(3)16-22)23-13-33-18-34-14-23)5-4-24(29(28)32)21-6-9-37(10-7-21)15-20-8-11-39-17-20/h4-5,12-14,16,18-21,35H,6-11,15,17H2,1-3H3. The summed E-state index contributed by atoms with van der Waals surface area (Å²) in [7, 11) is 1.74. The van der Waals surface area contributed by atoms with Gasteiger partial charge in [0.2, 0.25) is 0 Å². The van der Waals surface area contributed by atoms with Crippen molar-refractivity contribution in [1.82, 2.24) is 24.4 Å². The van der Waals surface area contributed by atoms with Gasteiger partial charge in [-0.05, 0) is 73.4 Å². The lowest BCUT2D eigenvalue weighted by molar-refractivity contribution is 0.151. The van der Waals surface area contributed by atoms with E-state index in [0.717, 1.165) is 80.0 Å². The summed E-state index contributed by atoms with van der Waals surface area (Å²) in [6.45, 7) is 9.02. The monoisotopic (exact) mass is 529 g/mol. The minimum atomic E-state index is -0.129. The number of aromatic nitrogens is 4. The number of pyridine rings is 1. The SMILES string of the molecule is CC(C)c1c(-c2cc(-c3cncnc3)c(=O)n(C)c2)[nH]c2ccc(C3CCN(CC4CCOC4)CC3)c(F)c12. The summed E-state index contributed by atoms with van der Waals surface area (Å²) >= 11 is 0. The van der Waals surface area contributed by atoms with Gasteiger partial charge in [0.15, 0.2) is 0 Å². The predicted octanol–water partition coefficient (Wildman–Crippen LogP) is 5.47. The maximum Gasteiger partial charge on any atom is 0.258 e. The lowest BCUT2D eigenvalue weighted by Gasteiger charge is -2.33. The second kappa shape index (κ2) is 10.7. The van der Waals surface area contributed by atoms with Gasteiger partial charge < -0.3 is 19.2 Å². The van der Waals surface area contributed by atoms with E-state index in [2.05, 4.69) is 33.7 Å². The molecule has 39 heavy (non-hydrogen) atoms. The maximum atomic E-state index is 16.4. The molecule has 0 bridgehead atoms. The van der Waals surface area contributed by atoms with Crippen molar-refractivity contribution in [1.29, 1.82) is 0 Å². The van der Waals surface area contributed by atoms with E-state index in [0.29, 0.717) is 22.4 Å². The molecular formula is C31H36FN5O2. The minimum Gasteiger partial charge on any atom is -0.381 e. The molecule has 1 atom stereocenters. The Morgan fingerprint density at radius 3 is 2.59 bits per heavy atom. The van der Waals surface area contributed by atoms with E-state index in [9.17, 15) is 4.79 Å². The Bertz CT molecular complexity index is 1530. The maximum absolute atomic E-state index is 16.4. The fourth-order valence-electron chi connectivity index (χ4n) is 6.42. The average Bonchev–Trinajstić information content (AvgIpc) is 3.60. The number of aromatic amines is 1. The normalized spacial score (nSPS) is 18.9. The van der Waals surface area contributed by atoms with E-state index in [-0.39, 0.29) is 23.2 Å². The van der Waals surface area contributed by atoms with Crippen LogP contribution in [0.2, 0.25) is 0 Å². The topological polar surface area (TPSA) is 76.0 Å². The van der Waals surface area contributed by atoms with Crippen molar-refractivity contribution >= 4 is 10.9 Å². The zero-order valence-electron chi connectivity index (χ0n) is 22.9. The van der Waals surface area contributed by atoms with E-state index in [4.69, 9.17) is 4.74 Å². The second-order valence-electron chi connectivity index (χ2n) is 11.4. The summed E-state index contributed by atoms with van der Waals surface area (Å²) in [5, 5.41) is 0.668. The van der Waals surface area contributed by atoms with Crippen LogP contribution in [0.25, 0.3) is 33.3 Å². The van der Waals surface area contributed by atoms with Crippen molar-refractivity contribution in [3.63, 3.8) is 0 Å². The first-order valence-corrected chi connectivity index (χ1v) is 14.0. The van der Waals surface area contributed by atoms with Gasteiger partial charge >= 0.3 is 0 Å². The molecule has 5 heterocycles. The van der Waals surface area contributed by atoms with Gasteiger partial charge in [-0.3, -0.25) is 4.79 Å². The highest BCUT2D eigenvalue weighted by Crippen LogP contribution is 2.41. The molecule has 1 unspecified atom stereocenters. The van der Waals surface area contributed by atoms with Crippen LogP contribution in [0.1, 0.15) is 56.1 Å². The van der Waals surface area contributed by atoms with Crippen molar-refractivity contribution in [3.05, 3.63) is 70.4 Å². The number of ether oxygens (including phenoxy) is 1. The molecule has 8 heteroatoms. The van der Waals surface area contributed by atoms with Gasteiger partial charge in [0.05, 0.1) is 17.9 Å². The molecule has 204 valence electrons. The molecule has 0 amide bonds. The molecule has 1 aromatic carbocycles. The number of fused-ring (bicyclic) bond motifs is 1. The van der Waals surface area contributed by atoms with E-state index < -0.39 is 0 Å². The highest BCUT2D eigenvalue weighted by molar-refractivity contribution is 5.93. The van der Waals surface area contributed by atoms with Crippen LogP contribution >= 0.6 is 0 Å². The van der Waals surface area contributed by atoms with Gasteiger partial charge in [-0.2, -0.15) is 0 Å². The molecule has 4 aromatic rings. The first kappa shape index (κ1) is 25.9. The van der Waals surface area contributed by atoms with Crippen molar-refractivity contribution in [2.24, 2.45) is 13.0 Å². The van der Waals surface area contributed by atoms with Crippen molar-refractivity contribution < 1.29 is 9.13 Å². The molecule has 2 saturated heterocycles. The fourth-order valence-corrected chi connectivity index (χ4v) is 6.42. The summed E-state index contributed by atoms with van der Waals surface area (Å²) in [4.78, 5) is 27.2. The largest absolute Gasteiger partial charge is 0.381 e. The van der Waals surface area contributed by atoms with E-state index in [1.54, 1.807) is 24.0 Å². The molecule has 2 aliphatic heterocycles. The van der Waals surface area contributed by atoms with Gasteiger partial charge in [0.1, 0.15) is 12.1 Å². The third-order valence-electron chi connectivity index (χ3n) is 8.46. The van der Waals surface area contributed by atoms with Gasteiger partial charge in [0.25, 0.3) is 5.56 Å². The van der Waals surface area contributed by atoms with E-state index in [1.165, 1.54) is 6.33 Å². The first-order chi connectivity index (χ1) is 18.9. The number of halogens is 1. The molecule has 3 aromatic heterocycles. The molecule has 2 fully saturated rings. The van der Waals surface area contributed by atoms with Gasteiger partial charge in [-0.1, -0.05) is 19.9 Å². The van der Waals surface area contributed by atoms with Gasteiger partial charge in [0, 0.05) is 60.8 Å². The summed E-state index contributed by atoms with van der Waals surface area (Å²) in [6.07, 6.45) is 9.62. The van der Waals surface area contributed by atoms with Crippen LogP contribution in [0.15, 0.2) is 47.9 Å². The average molecular weight is 530 g/mol. The lowest BCUT2D eigenvalue weighted by Crippen LogP contribution is -2.36. The summed E-state index contributed by atoms with van der Waals surface area (Å²) in [5.74, 6) is 0.817. The number of aryl methyl sites for hydroxylation is 1. The summed E-state index contributed by atoms with van der Waals surface area (Å²) in [5.41, 5.74) is 5.27. The Hall–Kier alpha value is -3.36. The van der Waals surface area contributed by atoms with Gasteiger partial charge in [-0.25, -0.2) is 14.4 Å². The van der Waals surface area contributed by atoms with Crippen LogP contribution in [0.4, 0.5) is 4.39 Å². The number of piperidine rings is 1. The molecular weight excluding hydrogens is 493 g/mol. The van der Waals surface area contributed by atoms with E-state index in [1.807, 2.05) is 24.4 Å². The minimum absolute atomic E-state index is 0.0784. The smallest absolute Gasteiger partial charge is 0.258 e. The fraction of sp³-hybridized carbons (Fsp3) is 0.452. The summed E-state index contributed by atoms with van der Waals surface area (Å²) in [6, 6.07) is 5.86. The molecule has 0 radical (unpaired) electrons. The number of nitrogens with zero attached hydrogens (tertiary/aromatic N) is 4. The molecule has 0 spiro atoms. The Kier molecular flexibility index (Phi) is 7.08. The lowest BCUT2D eigenvalue weighted by atomic mass is 9.86. The van der Waals surface area contributed by atoms with Crippen molar-refractivity contribution in [2.75, 3.05) is 32.8 Å². The highest BCUT2D eigenvalue weighted by atomic mass is 19.1. The number of hydrogen-bond donors (Lipinski definition) is 1. The molecule has 2 aliphatic rings.